The number of hydrogen-bond acceptors (Lipinski definition) is 6. The lowest BCUT2D eigenvalue weighted by Gasteiger charge is -2.44. The largest absolute Gasteiger partial charge is 0.379 e. The van der Waals surface area contributed by atoms with Crippen LogP contribution in [0.5, 0.6) is 0 Å². The third-order valence-corrected chi connectivity index (χ3v) is 7.31. The molecule has 1 amide bonds. The second-order valence-corrected chi connectivity index (χ2v) is 8.97. The maximum absolute atomic E-state index is 12.7. The first-order valence-corrected chi connectivity index (χ1v) is 11.4. The first-order valence-electron chi connectivity index (χ1n) is 10.3. The van der Waals surface area contributed by atoms with E-state index in [-0.39, 0.29) is 35.4 Å². The normalized spacial score (nSPS) is 26.1. The van der Waals surface area contributed by atoms with E-state index in [0.717, 1.165) is 56.8 Å². The van der Waals surface area contributed by atoms with Gasteiger partial charge in [0.2, 0.25) is 5.91 Å². The van der Waals surface area contributed by atoms with Crippen LogP contribution >= 0.6 is 35.7 Å². The number of aromatic nitrogens is 2. The third-order valence-electron chi connectivity index (χ3n) is 6.07. The fraction of sp³-hybridized carbons (Fsp3) is 0.737. The Morgan fingerprint density at radius 2 is 2.13 bits per heavy atom. The molecule has 30 heavy (non-hydrogen) atoms. The summed E-state index contributed by atoms with van der Waals surface area (Å²) in [4.78, 5) is 23.7. The van der Waals surface area contributed by atoms with Crippen molar-refractivity contribution in [2.45, 2.75) is 12.0 Å². The summed E-state index contributed by atoms with van der Waals surface area (Å²) >= 11 is 2.03. The number of thioether (sulfide) groups is 1. The molecule has 3 fully saturated rings. The molecule has 0 radical (unpaired) electrons. The number of carbonyl (C=O) groups is 1. The summed E-state index contributed by atoms with van der Waals surface area (Å²) in [6.07, 6.45) is 4.80. The lowest BCUT2D eigenvalue weighted by molar-refractivity contribution is -0.120. The highest BCUT2D eigenvalue weighted by atomic mass is 127. The van der Waals surface area contributed by atoms with E-state index < -0.39 is 0 Å². The number of rotatable bonds is 4. The van der Waals surface area contributed by atoms with Crippen molar-refractivity contribution in [3.63, 3.8) is 0 Å². The fourth-order valence-electron chi connectivity index (χ4n) is 4.39. The molecule has 1 unspecified atom stereocenters. The summed E-state index contributed by atoms with van der Waals surface area (Å²) in [5.41, 5.74) is 1.00. The highest BCUT2D eigenvalue weighted by Crippen LogP contribution is 2.33. The zero-order valence-electron chi connectivity index (χ0n) is 17.7. The van der Waals surface area contributed by atoms with Crippen molar-refractivity contribution in [2.75, 3.05) is 75.9 Å². The predicted molar refractivity (Wildman–Crippen MR) is 131 cm³/mol. The average Bonchev–Trinajstić information content (AvgIpc) is 3.39. The van der Waals surface area contributed by atoms with Crippen LogP contribution in [0.4, 0.5) is 5.69 Å². The summed E-state index contributed by atoms with van der Waals surface area (Å²) in [7, 11) is 3.66. The number of carbonyl (C=O) groups excluding carboxylic acids is 1. The lowest BCUT2D eigenvalue weighted by Crippen LogP contribution is -2.61. The molecular weight excluding hydrogens is 517 g/mol. The van der Waals surface area contributed by atoms with Gasteiger partial charge >= 0.3 is 0 Å². The Labute approximate surface area is 199 Å². The van der Waals surface area contributed by atoms with E-state index in [9.17, 15) is 4.79 Å². The maximum Gasteiger partial charge on any atom is 0.246 e. The Bertz CT molecular complexity index is 747. The van der Waals surface area contributed by atoms with E-state index in [4.69, 9.17) is 4.74 Å². The molecule has 0 bridgehead atoms. The highest BCUT2D eigenvalue weighted by Gasteiger charge is 2.41. The quantitative estimate of drug-likeness (QED) is 0.333. The predicted octanol–water partition coefficient (Wildman–Crippen LogP) is 0.470. The summed E-state index contributed by atoms with van der Waals surface area (Å²) in [5.74, 6) is 3.21. The molecule has 11 heteroatoms. The zero-order chi connectivity index (χ0) is 20.3. The molecule has 3 saturated heterocycles. The number of aryl methyl sites for hydroxylation is 1. The minimum atomic E-state index is 0. The van der Waals surface area contributed by atoms with E-state index in [1.54, 1.807) is 22.8 Å². The second kappa shape index (κ2) is 10.5. The van der Waals surface area contributed by atoms with E-state index in [2.05, 4.69) is 25.2 Å². The Hall–Kier alpha value is -1.05. The standard InChI is InChI=1S/C19H31N7O2S.HI/c1-20-18(21-14-19(3-10-29-15-19)25-6-8-28-9-7-25)24-4-5-26(17(27)13-24)16-11-22-23(2)12-16;/h11-12H,3-10,13-15H2,1-2H3,(H,20,21);1H. The summed E-state index contributed by atoms with van der Waals surface area (Å²) < 4.78 is 7.28. The number of guanidine groups is 1. The molecule has 1 aromatic rings. The van der Waals surface area contributed by atoms with Gasteiger partial charge in [-0.15, -0.1) is 24.0 Å². The smallest absolute Gasteiger partial charge is 0.246 e. The van der Waals surface area contributed by atoms with Gasteiger partial charge in [-0.25, -0.2) is 0 Å². The number of nitrogens with zero attached hydrogens (tertiary/aromatic N) is 6. The molecule has 1 N–H and O–H groups in total. The van der Waals surface area contributed by atoms with E-state index >= 15 is 0 Å². The molecule has 9 nitrogen and oxygen atoms in total. The first kappa shape index (κ1) is 23.6. The van der Waals surface area contributed by atoms with Crippen LogP contribution < -0.4 is 10.2 Å². The first-order chi connectivity index (χ1) is 14.1. The monoisotopic (exact) mass is 549 g/mol. The van der Waals surface area contributed by atoms with Gasteiger partial charge in [-0.3, -0.25) is 19.4 Å². The molecule has 0 aromatic carbocycles. The van der Waals surface area contributed by atoms with Crippen molar-refractivity contribution >= 4 is 53.3 Å². The SMILES string of the molecule is CN=C(NCC1(N2CCOCC2)CCSC1)N1CCN(c2cnn(C)c2)C(=O)C1.I. The minimum Gasteiger partial charge on any atom is -0.379 e. The number of morpholine rings is 1. The van der Waals surface area contributed by atoms with Crippen LogP contribution in [-0.2, 0) is 16.6 Å². The van der Waals surface area contributed by atoms with Gasteiger partial charge in [-0.2, -0.15) is 16.9 Å². The molecule has 1 atom stereocenters. The highest BCUT2D eigenvalue weighted by molar-refractivity contribution is 14.0. The van der Waals surface area contributed by atoms with Gasteiger partial charge in [-0.05, 0) is 12.2 Å². The third kappa shape index (κ3) is 5.05. The number of aliphatic imine (C=N–C) groups is 1. The van der Waals surface area contributed by atoms with Crippen LogP contribution in [0.3, 0.4) is 0 Å². The van der Waals surface area contributed by atoms with Crippen molar-refractivity contribution in [3.8, 4) is 0 Å². The number of anilines is 1. The van der Waals surface area contributed by atoms with Gasteiger partial charge < -0.3 is 19.9 Å². The summed E-state index contributed by atoms with van der Waals surface area (Å²) in [6.45, 7) is 6.16. The topological polar surface area (TPSA) is 78.2 Å². The van der Waals surface area contributed by atoms with Crippen molar-refractivity contribution < 1.29 is 9.53 Å². The zero-order valence-corrected chi connectivity index (χ0v) is 20.9. The van der Waals surface area contributed by atoms with Gasteiger partial charge in [0.1, 0.15) is 6.54 Å². The molecule has 3 aliphatic heterocycles. The summed E-state index contributed by atoms with van der Waals surface area (Å²) in [6, 6.07) is 0. The molecule has 168 valence electrons. The van der Waals surface area contributed by atoms with Crippen molar-refractivity contribution in [1.29, 1.82) is 0 Å². The molecule has 4 heterocycles. The van der Waals surface area contributed by atoms with Crippen molar-refractivity contribution in [3.05, 3.63) is 12.4 Å². The van der Waals surface area contributed by atoms with Gasteiger partial charge in [0.25, 0.3) is 0 Å². The second-order valence-electron chi connectivity index (χ2n) is 7.87. The Kier molecular flexibility index (Phi) is 8.27. The number of piperazine rings is 1. The van der Waals surface area contributed by atoms with Crippen LogP contribution in [0.25, 0.3) is 0 Å². The van der Waals surface area contributed by atoms with Crippen LogP contribution in [0.2, 0.25) is 0 Å². The van der Waals surface area contributed by atoms with Gasteiger partial charge in [0, 0.05) is 64.3 Å². The van der Waals surface area contributed by atoms with Gasteiger partial charge in [0.15, 0.2) is 5.96 Å². The Morgan fingerprint density at radius 3 is 2.73 bits per heavy atom. The van der Waals surface area contributed by atoms with E-state index in [0.29, 0.717) is 13.1 Å². The maximum atomic E-state index is 12.7. The molecule has 1 aromatic heterocycles. The molecule has 0 spiro atoms. The lowest BCUT2D eigenvalue weighted by atomic mass is 9.95. The number of nitrogens with one attached hydrogen (secondary N) is 1. The van der Waals surface area contributed by atoms with Crippen LogP contribution in [-0.4, -0.2) is 108 Å². The van der Waals surface area contributed by atoms with E-state index in [1.807, 2.05) is 25.0 Å². The molecular formula is C19H32IN7O2S. The van der Waals surface area contributed by atoms with Crippen LogP contribution in [0, 0.1) is 0 Å². The number of hydrogen-bond donors (Lipinski definition) is 1. The van der Waals surface area contributed by atoms with Crippen LogP contribution in [0.15, 0.2) is 17.4 Å². The molecule has 4 rings (SSSR count). The molecule has 0 aliphatic carbocycles. The minimum absolute atomic E-state index is 0. The molecule has 3 aliphatic rings. The van der Waals surface area contributed by atoms with Gasteiger partial charge in [0.05, 0.1) is 25.1 Å². The van der Waals surface area contributed by atoms with E-state index in [1.165, 1.54) is 12.2 Å². The van der Waals surface area contributed by atoms with Crippen LogP contribution in [0.1, 0.15) is 6.42 Å². The molecule has 0 saturated carbocycles. The van der Waals surface area contributed by atoms with Gasteiger partial charge in [-0.1, -0.05) is 0 Å². The average molecular weight is 549 g/mol. The fourth-order valence-corrected chi connectivity index (χ4v) is 5.86. The number of halogens is 1. The van der Waals surface area contributed by atoms with Crippen molar-refractivity contribution in [1.82, 2.24) is 24.9 Å². The Morgan fingerprint density at radius 1 is 1.33 bits per heavy atom. The number of ether oxygens (including phenoxy) is 1. The number of amides is 1. The summed E-state index contributed by atoms with van der Waals surface area (Å²) in [5, 5.41) is 7.77. The van der Waals surface area contributed by atoms with Crippen molar-refractivity contribution in [2.24, 2.45) is 12.0 Å². The Balaban J connectivity index is 0.00000256.